The number of para-hydroxylation sites is 2. The van der Waals surface area contributed by atoms with Crippen molar-refractivity contribution in [2.24, 2.45) is 0 Å². The van der Waals surface area contributed by atoms with Crippen molar-refractivity contribution in [3.63, 3.8) is 0 Å². The van der Waals surface area contributed by atoms with Crippen LogP contribution in [-0.4, -0.2) is 4.57 Å². The van der Waals surface area contributed by atoms with Crippen LogP contribution in [0.4, 0.5) is 0 Å². The summed E-state index contributed by atoms with van der Waals surface area (Å²) >= 11 is 8.19. The van der Waals surface area contributed by atoms with E-state index in [0.29, 0.717) is 0 Å². The highest BCUT2D eigenvalue weighted by molar-refractivity contribution is 7.26. The molecule has 0 aliphatic carbocycles. The molecule has 0 saturated heterocycles. The monoisotopic (exact) mass is 383 g/mol. The van der Waals surface area contributed by atoms with E-state index in [4.69, 9.17) is 11.6 Å². The molecule has 4 aromatic carbocycles. The summed E-state index contributed by atoms with van der Waals surface area (Å²) in [7, 11) is 0. The van der Waals surface area contributed by atoms with Crippen LogP contribution in [0.5, 0.6) is 0 Å². The zero-order chi connectivity index (χ0) is 18.0. The maximum Gasteiger partial charge on any atom is 0.0584 e. The van der Waals surface area contributed by atoms with E-state index in [1.807, 2.05) is 12.1 Å². The Morgan fingerprint density at radius 2 is 1.30 bits per heavy atom. The zero-order valence-corrected chi connectivity index (χ0v) is 15.9. The predicted molar refractivity (Wildman–Crippen MR) is 119 cm³/mol. The Morgan fingerprint density at radius 1 is 0.630 bits per heavy atom. The standard InChI is InChI=1S/C24H14ClNS/c25-20-9-5-8-18-19-14-15(12-13-23(19)27-24(18)20)26-21-10-3-1-6-16(21)17-7-2-4-11-22(17)26/h1-14H. The molecule has 6 rings (SSSR count). The quantitative estimate of drug-likeness (QED) is 0.273. The number of hydrogen-bond donors (Lipinski definition) is 0. The lowest BCUT2D eigenvalue weighted by Gasteiger charge is -2.08. The highest BCUT2D eigenvalue weighted by Crippen LogP contribution is 2.40. The van der Waals surface area contributed by atoms with Gasteiger partial charge in [-0.15, -0.1) is 11.3 Å². The Hall–Kier alpha value is -2.81. The first-order valence-electron chi connectivity index (χ1n) is 8.90. The number of nitrogens with zero attached hydrogens (tertiary/aromatic N) is 1. The third kappa shape index (κ3) is 2.11. The smallest absolute Gasteiger partial charge is 0.0584 e. The Labute approximate surface area is 165 Å². The third-order valence-electron chi connectivity index (χ3n) is 5.27. The van der Waals surface area contributed by atoms with Gasteiger partial charge in [0.15, 0.2) is 0 Å². The number of rotatable bonds is 1. The molecular weight excluding hydrogens is 370 g/mol. The van der Waals surface area contributed by atoms with E-state index < -0.39 is 0 Å². The zero-order valence-electron chi connectivity index (χ0n) is 14.3. The van der Waals surface area contributed by atoms with Gasteiger partial charge in [-0.05, 0) is 36.4 Å². The van der Waals surface area contributed by atoms with Crippen molar-refractivity contribution in [1.82, 2.24) is 4.57 Å². The summed E-state index contributed by atoms with van der Waals surface area (Å²) in [6, 6.07) is 30.1. The van der Waals surface area contributed by atoms with Gasteiger partial charge in [0.25, 0.3) is 0 Å². The van der Waals surface area contributed by atoms with Gasteiger partial charge in [-0.2, -0.15) is 0 Å². The average molecular weight is 384 g/mol. The fourth-order valence-electron chi connectivity index (χ4n) is 4.09. The number of halogens is 1. The molecule has 0 amide bonds. The fraction of sp³-hybridized carbons (Fsp3) is 0. The van der Waals surface area contributed by atoms with Crippen molar-refractivity contribution < 1.29 is 0 Å². The van der Waals surface area contributed by atoms with Crippen LogP contribution < -0.4 is 0 Å². The van der Waals surface area contributed by atoms with Gasteiger partial charge in [0.1, 0.15) is 0 Å². The second-order valence-electron chi connectivity index (χ2n) is 6.77. The number of fused-ring (bicyclic) bond motifs is 6. The van der Waals surface area contributed by atoms with Gasteiger partial charge in [0, 0.05) is 31.9 Å². The van der Waals surface area contributed by atoms with Crippen molar-refractivity contribution in [3.8, 4) is 5.69 Å². The van der Waals surface area contributed by atoms with E-state index in [0.717, 1.165) is 9.72 Å². The Kier molecular flexibility index (Phi) is 3.16. The summed E-state index contributed by atoms with van der Waals surface area (Å²) in [5, 5.41) is 5.88. The Morgan fingerprint density at radius 3 is 2.04 bits per heavy atom. The summed E-state index contributed by atoms with van der Waals surface area (Å²) < 4.78 is 4.79. The molecule has 0 aliphatic heterocycles. The lowest BCUT2D eigenvalue weighted by molar-refractivity contribution is 1.19. The topological polar surface area (TPSA) is 4.93 Å². The van der Waals surface area contributed by atoms with Crippen LogP contribution in [0.1, 0.15) is 0 Å². The molecule has 0 saturated carbocycles. The van der Waals surface area contributed by atoms with Crippen LogP contribution >= 0.6 is 22.9 Å². The van der Waals surface area contributed by atoms with Crippen LogP contribution in [0, 0.1) is 0 Å². The van der Waals surface area contributed by atoms with E-state index in [9.17, 15) is 0 Å². The fourth-order valence-corrected chi connectivity index (χ4v) is 5.47. The maximum absolute atomic E-state index is 6.43. The first-order valence-corrected chi connectivity index (χ1v) is 10.1. The summed E-state index contributed by atoms with van der Waals surface area (Å²) in [6.45, 7) is 0. The highest BCUT2D eigenvalue weighted by atomic mass is 35.5. The van der Waals surface area contributed by atoms with Crippen molar-refractivity contribution in [1.29, 1.82) is 0 Å². The predicted octanol–water partition coefficient (Wildman–Crippen LogP) is 7.81. The first-order chi connectivity index (χ1) is 13.3. The van der Waals surface area contributed by atoms with Crippen molar-refractivity contribution in [3.05, 3.63) is 90.0 Å². The molecule has 0 fully saturated rings. The van der Waals surface area contributed by atoms with Crippen LogP contribution in [0.15, 0.2) is 84.9 Å². The van der Waals surface area contributed by atoms with Gasteiger partial charge in [-0.1, -0.05) is 60.1 Å². The molecule has 0 aliphatic rings. The van der Waals surface area contributed by atoms with Crippen LogP contribution in [0.2, 0.25) is 5.02 Å². The summed E-state index contributed by atoms with van der Waals surface area (Å²) in [5.41, 5.74) is 3.64. The first kappa shape index (κ1) is 15.3. The summed E-state index contributed by atoms with van der Waals surface area (Å²) in [5.74, 6) is 0. The van der Waals surface area contributed by atoms with Crippen LogP contribution in [-0.2, 0) is 0 Å². The number of benzene rings is 4. The lowest BCUT2D eigenvalue weighted by Crippen LogP contribution is -1.93. The average Bonchev–Trinajstić information content (AvgIpc) is 3.24. The highest BCUT2D eigenvalue weighted by Gasteiger charge is 2.13. The van der Waals surface area contributed by atoms with Gasteiger partial charge < -0.3 is 4.57 Å². The normalized spacial score (nSPS) is 11.9. The van der Waals surface area contributed by atoms with Gasteiger partial charge >= 0.3 is 0 Å². The van der Waals surface area contributed by atoms with E-state index >= 15 is 0 Å². The molecule has 27 heavy (non-hydrogen) atoms. The van der Waals surface area contributed by atoms with E-state index in [-0.39, 0.29) is 0 Å². The molecular formula is C24H14ClNS. The summed E-state index contributed by atoms with van der Waals surface area (Å²) in [6.07, 6.45) is 0. The summed E-state index contributed by atoms with van der Waals surface area (Å²) in [4.78, 5) is 0. The van der Waals surface area contributed by atoms with Gasteiger partial charge in [-0.25, -0.2) is 0 Å². The third-order valence-corrected chi connectivity index (χ3v) is 6.92. The van der Waals surface area contributed by atoms with Gasteiger partial charge in [0.2, 0.25) is 0 Å². The maximum atomic E-state index is 6.43. The minimum absolute atomic E-state index is 0.826. The minimum atomic E-state index is 0.826. The molecule has 2 heterocycles. The number of thiophene rings is 1. The SMILES string of the molecule is Clc1cccc2c1sc1ccc(-n3c4ccccc4c4ccccc43)cc12. The second-order valence-corrected chi connectivity index (χ2v) is 8.23. The van der Waals surface area contributed by atoms with Crippen molar-refractivity contribution in [2.75, 3.05) is 0 Å². The largest absolute Gasteiger partial charge is 0.309 e. The van der Waals surface area contributed by atoms with Gasteiger partial charge in [0.05, 0.1) is 20.8 Å². The molecule has 1 nitrogen and oxygen atoms in total. The van der Waals surface area contributed by atoms with Crippen LogP contribution in [0.25, 0.3) is 47.7 Å². The molecule has 3 heteroatoms. The number of aromatic nitrogens is 1. The molecule has 0 radical (unpaired) electrons. The molecule has 0 unspecified atom stereocenters. The molecule has 0 N–H and O–H groups in total. The molecule has 0 bridgehead atoms. The molecule has 0 spiro atoms. The molecule has 6 aromatic rings. The Bertz CT molecular complexity index is 1440. The molecule has 0 atom stereocenters. The minimum Gasteiger partial charge on any atom is -0.309 e. The number of hydrogen-bond acceptors (Lipinski definition) is 1. The van der Waals surface area contributed by atoms with E-state index in [1.165, 1.54) is 43.0 Å². The van der Waals surface area contributed by atoms with Gasteiger partial charge in [-0.3, -0.25) is 0 Å². The Balaban J connectivity index is 1.75. The molecule has 128 valence electrons. The van der Waals surface area contributed by atoms with Crippen LogP contribution in [0.3, 0.4) is 0 Å². The molecule has 2 aromatic heterocycles. The van der Waals surface area contributed by atoms with Crippen molar-refractivity contribution >= 4 is 64.9 Å². The van der Waals surface area contributed by atoms with E-state index in [1.54, 1.807) is 11.3 Å². The lowest BCUT2D eigenvalue weighted by atomic mass is 10.1. The second kappa shape index (κ2) is 5.59. The van der Waals surface area contributed by atoms with Crippen molar-refractivity contribution in [2.45, 2.75) is 0 Å². The van der Waals surface area contributed by atoms with E-state index in [2.05, 4.69) is 77.4 Å².